The van der Waals surface area contributed by atoms with Crippen LogP contribution in [0.25, 0.3) is 0 Å². The summed E-state index contributed by atoms with van der Waals surface area (Å²) in [6.07, 6.45) is 0. The fourth-order valence-electron chi connectivity index (χ4n) is 0.987. The number of alkyl halides is 2. The lowest BCUT2D eigenvalue weighted by atomic mass is 10.1. The Morgan fingerprint density at radius 2 is 2.14 bits per heavy atom. The first-order valence-electron chi connectivity index (χ1n) is 3.75. The summed E-state index contributed by atoms with van der Waals surface area (Å²) in [4.78, 5) is 0. The van der Waals surface area contributed by atoms with E-state index >= 15 is 0 Å². The summed E-state index contributed by atoms with van der Waals surface area (Å²) in [6.45, 7) is -3.26. The highest BCUT2D eigenvalue weighted by molar-refractivity contribution is 5.40. The molecule has 5 heteroatoms. The van der Waals surface area contributed by atoms with Crippen LogP contribution in [0.2, 0.25) is 0 Å². The van der Waals surface area contributed by atoms with Crippen LogP contribution in [0.3, 0.4) is 0 Å². The molecule has 0 bridgehead atoms. The summed E-state index contributed by atoms with van der Waals surface area (Å²) >= 11 is 0. The Kier molecular flexibility index (Phi) is 3.37. The highest BCUT2D eigenvalue weighted by atomic mass is 19.3. The van der Waals surface area contributed by atoms with Crippen molar-refractivity contribution in [1.82, 2.24) is 0 Å². The minimum absolute atomic E-state index is 0.122. The Morgan fingerprint density at radius 3 is 2.64 bits per heavy atom. The van der Waals surface area contributed by atoms with Crippen molar-refractivity contribution in [2.45, 2.75) is 13.2 Å². The fraction of sp³-hybridized carbons (Fsp3) is 0.222. The van der Waals surface area contributed by atoms with E-state index in [-0.39, 0.29) is 17.9 Å². The molecule has 0 aliphatic heterocycles. The van der Waals surface area contributed by atoms with Crippen LogP contribution in [-0.4, -0.2) is 11.7 Å². The van der Waals surface area contributed by atoms with Gasteiger partial charge < -0.3 is 9.84 Å². The number of benzene rings is 1. The number of aliphatic hydroxyl groups is 1. The quantitative estimate of drug-likeness (QED) is 0.805. The summed E-state index contributed by atoms with van der Waals surface area (Å²) in [5, 5.41) is 17.3. The summed E-state index contributed by atoms with van der Waals surface area (Å²) < 4.78 is 27.8. The predicted octanol–water partition coefficient (Wildman–Crippen LogP) is 1.65. The molecule has 0 saturated carbocycles. The molecule has 1 rings (SSSR count). The third kappa shape index (κ3) is 2.68. The van der Waals surface area contributed by atoms with Gasteiger partial charge in [-0.2, -0.15) is 14.0 Å². The Hall–Kier alpha value is -1.67. The zero-order valence-electron chi connectivity index (χ0n) is 7.08. The Balaban J connectivity index is 3.00. The largest absolute Gasteiger partial charge is 0.435 e. The van der Waals surface area contributed by atoms with Gasteiger partial charge in [0, 0.05) is 0 Å². The second kappa shape index (κ2) is 4.53. The molecule has 0 fully saturated rings. The van der Waals surface area contributed by atoms with E-state index in [9.17, 15) is 8.78 Å². The molecule has 0 atom stereocenters. The molecule has 3 nitrogen and oxygen atoms in total. The van der Waals surface area contributed by atoms with Gasteiger partial charge in [-0.1, -0.05) is 0 Å². The van der Waals surface area contributed by atoms with Gasteiger partial charge in [0.2, 0.25) is 0 Å². The highest BCUT2D eigenvalue weighted by Gasteiger charge is 2.06. The maximum Gasteiger partial charge on any atom is 0.387 e. The van der Waals surface area contributed by atoms with E-state index in [4.69, 9.17) is 10.4 Å². The molecule has 0 unspecified atom stereocenters. The van der Waals surface area contributed by atoms with E-state index in [2.05, 4.69) is 4.74 Å². The number of hydrogen-bond donors (Lipinski definition) is 1. The molecule has 0 amide bonds. The minimum atomic E-state index is -2.93. The lowest BCUT2D eigenvalue weighted by Crippen LogP contribution is -2.02. The molecule has 0 heterocycles. The third-order valence-electron chi connectivity index (χ3n) is 1.50. The molecule has 0 radical (unpaired) electrons. The van der Waals surface area contributed by atoms with E-state index in [0.29, 0.717) is 5.56 Å². The van der Waals surface area contributed by atoms with Gasteiger partial charge in [0.05, 0.1) is 18.2 Å². The lowest BCUT2D eigenvalue weighted by molar-refractivity contribution is -0.0499. The number of nitriles is 1. The number of aliphatic hydroxyl groups excluding tert-OH is 1. The van der Waals surface area contributed by atoms with Gasteiger partial charge in [-0.3, -0.25) is 0 Å². The molecule has 1 aromatic carbocycles. The fourth-order valence-corrected chi connectivity index (χ4v) is 0.987. The van der Waals surface area contributed by atoms with Crippen LogP contribution in [0.15, 0.2) is 18.2 Å². The molecule has 14 heavy (non-hydrogen) atoms. The summed E-state index contributed by atoms with van der Waals surface area (Å²) in [7, 11) is 0. The molecule has 0 spiro atoms. The molecule has 0 aliphatic carbocycles. The van der Waals surface area contributed by atoms with E-state index in [0.717, 1.165) is 0 Å². The first-order valence-corrected chi connectivity index (χ1v) is 3.75. The molecule has 0 saturated heterocycles. The van der Waals surface area contributed by atoms with Crippen molar-refractivity contribution in [1.29, 1.82) is 5.26 Å². The summed E-state index contributed by atoms with van der Waals surface area (Å²) in [5.74, 6) is -0.122. The number of halogens is 2. The average molecular weight is 199 g/mol. The van der Waals surface area contributed by atoms with Crippen LogP contribution in [-0.2, 0) is 6.61 Å². The van der Waals surface area contributed by atoms with Gasteiger partial charge >= 0.3 is 6.61 Å². The standard InChI is InChI=1S/C9H7F2NO2/c10-9(11)14-8-2-6(4-12)1-7(3-8)5-13/h1-3,9,13H,5H2. The number of rotatable bonds is 3. The van der Waals surface area contributed by atoms with Crippen LogP contribution in [0, 0.1) is 11.3 Å². The second-order valence-electron chi connectivity index (χ2n) is 2.51. The van der Waals surface area contributed by atoms with Crippen molar-refractivity contribution in [2.75, 3.05) is 0 Å². The molecule has 0 aromatic heterocycles. The van der Waals surface area contributed by atoms with E-state index < -0.39 is 6.61 Å². The monoisotopic (exact) mass is 199 g/mol. The third-order valence-corrected chi connectivity index (χ3v) is 1.50. The maximum atomic E-state index is 11.8. The van der Waals surface area contributed by atoms with Gasteiger partial charge in [0.25, 0.3) is 0 Å². The highest BCUT2D eigenvalue weighted by Crippen LogP contribution is 2.18. The van der Waals surface area contributed by atoms with Crippen molar-refractivity contribution in [3.63, 3.8) is 0 Å². The van der Waals surface area contributed by atoms with Crippen LogP contribution in [0.1, 0.15) is 11.1 Å². The van der Waals surface area contributed by atoms with Gasteiger partial charge in [0.1, 0.15) is 5.75 Å². The van der Waals surface area contributed by atoms with E-state index in [1.54, 1.807) is 6.07 Å². The molecule has 0 aliphatic rings. The van der Waals surface area contributed by atoms with Gasteiger partial charge in [-0.25, -0.2) is 0 Å². The first-order chi connectivity index (χ1) is 6.65. The van der Waals surface area contributed by atoms with E-state index in [1.807, 2.05) is 0 Å². The summed E-state index contributed by atoms with van der Waals surface area (Å²) in [6, 6.07) is 5.62. The molecular formula is C9H7F2NO2. The minimum Gasteiger partial charge on any atom is -0.435 e. The topological polar surface area (TPSA) is 53.2 Å². The van der Waals surface area contributed by atoms with Crippen LogP contribution >= 0.6 is 0 Å². The lowest BCUT2D eigenvalue weighted by Gasteiger charge is -2.06. The van der Waals surface area contributed by atoms with Crippen molar-refractivity contribution in [2.24, 2.45) is 0 Å². The van der Waals surface area contributed by atoms with E-state index in [1.165, 1.54) is 18.2 Å². The molecular weight excluding hydrogens is 192 g/mol. The Morgan fingerprint density at radius 1 is 1.43 bits per heavy atom. The average Bonchev–Trinajstić information content (AvgIpc) is 2.16. The van der Waals surface area contributed by atoms with Gasteiger partial charge in [-0.05, 0) is 23.8 Å². The SMILES string of the molecule is N#Cc1cc(CO)cc(OC(F)F)c1. The van der Waals surface area contributed by atoms with Gasteiger partial charge in [0.15, 0.2) is 0 Å². The zero-order valence-corrected chi connectivity index (χ0v) is 7.08. The van der Waals surface area contributed by atoms with Crippen molar-refractivity contribution in [3.05, 3.63) is 29.3 Å². The second-order valence-corrected chi connectivity index (χ2v) is 2.51. The van der Waals surface area contributed by atoms with Crippen molar-refractivity contribution in [3.8, 4) is 11.8 Å². The van der Waals surface area contributed by atoms with Crippen LogP contribution < -0.4 is 4.74 Å². The summed E-state index contributed by atoms with van der Waals surface area (Å²) in [5.41, 5.74) is 0.534. The van der Waals surface area contributed by atoms with Crippen molar-refractivity contribution < 1.29 is 18.6 Å². The predicted molar refractivity (Wildman–Crippen MR) is 43.7 cm³/mol. The number of nitrogens with zero attached hydrogens (tertiary/aromatic N) is 1. The van der Waals surface area contributed by atoms with Crippen molar-refractivity contribution >= 4 is 0 Å². The van der Waals surface area contributed by atoms with Crippen LogP contribution in [0.5, 0.6) is 5.75 Å². The van der Waals surface area contributed by atoms with Crippen LogP contribution in [0.4, 0.5) is 8.78 Å². The smallest absolute Gasteiger partial charge is 0.387 e. The number of hydrogen-bond acceptors (Lipinski definition) is 3. The maximum absolute atomic E-state index is 11.8. The first kappa shape index (κ1) is 10.4. The Labute approximate surface area is 79.2 Å². The molecule has 1 aromatic rings. The number of ether oxygens (including phenoxy) is 1. The van der Waals surface area contributed by atoms with Gasteiger partial charge in [-0.15, -0.1) is 0 Å². The molecule has 1 N–H and O–H groups in total. The zero-order chi connectivity index (χ0) is 10.6. The normalized spacial score (nSPS) is 9.93. The Bertz CT molecular complexity index is 360. The molecule has 74 valence electrons.